The molecule has 0 spiro atoms. The van der Waals surface area contributed by atoms with Crippen LogP contribution in [-0.4, -0.2) is 41.8 Å². The zero-order valence-corrected chi connectivity index (χ0v) is 9.13. The van der Waals surface area contributed by atoms with Gasteiger partial charge in [0.25, 0.3) is 0 Å². The van der Waals surface area contributed by atoms with Gasteiger partial charge in [0.15, 0.2) is 0 Å². The van der Waals surface area contributed by atoms with Gasteiger partial charge in [-0.25, -0.2) is 8.42 Å². The van der Waals surface area contributed by atoms with Crippen molar-refractivity contribution in [1.29, 1.82) is 0 Å². The summed E-state index contributed by atoms with van der Waals surface area (Å²) in [5.41, 5.74) is -0.776. The summed E-state index contributed by atoms with van der Waals surface area (Å²) < 4.78 is 24.4. The highest BCUT2D eigenvalue weighted by Gasteiger charge is 2.46. The molecule has 1 aliphatic heterocycles. The van der Waals surface area contributed by atoms with Crippen LogP contribution in [0, 0.1) is 0 Å². The normalized spacial score (nSPS) is 23.2. The Bertz CT molecular complexity index is 278. The van der Waals surface area contributed by atoms with Crippen LogP contribution in [0.5, 0.6) is 0 Å². The van der Waals surface area contributed by atoms with Crippen LogP contribution < -0.4 is 0 Å². The molecule has 13 heavy (non-hydrogen) atoms. The lowest BCUT2D eigenvalue weighted by Crippen LogP contribution is -2.64. The van der Waals surface area contributed by atoms with Crippen molar-refractivity contribution in [2.45, 2.75) is 38.0 Å². The number of hydrogen-bond donors (Lipinski definition) is 1. The van der Waals surface area contributed by atoms with Gasteiger partial charge in [0.1, 0.15) is 0 Å². The van der Waals surface area contributed by atoms with E-state index in [-0.39, 0.29) is 13.1 Å². The number of β-amino-alcohol motifs (C(OH)–C–C–N with tert-alkyl or cyclic N) is 1. The second-order valence-electron chi connectivity index (χ2n) is 3.94. The van der Waals surface area contributed by atoms with Crippen LogP contribution in [-0.2, 0) is 10.0 Å². The van der Waals surface area contributed by atoms with E-state index in [1.807, 2.05) is 6.92 Å². The van der Waals surface area contributed by atoms with Crippen LogP contribution in [0.4, 0.5) is 0 Å². The van der Waals surface area contributed by atoms with Crippen molar-refractivity contribution in [3.05, 3.63) is 0 Å². The predicted molar refractivity (Wildman–Crippen MR) is 50.9 cm³/mol. The summed E-state index contributed by atoms with van der Waals surface area (Å²) in [6.45, 7) is 5.67. The van der Waals surface area contributed by atoms with E-state index in [1.165, 1.54) is 4.31 Å². The fourth-order valence-corrected chi connectivity index (χ4v) is 2.75. The van der Waals surface area contributed by atoms with Crippen LogP contribution >= 0.6 is 0 Å². The minimum Gasteiger partial charge on any atom is -0.387 e. The van der Waals surface area contributed by atoms with E-state index in [2.05, 4.69) is 0 Å². The molecule has 1 N–H and O–H groups in total. The molecule has 1 fully saturated rings. The third-order valence-corrected chi connectivity index (χ3v) is 4.72. The van der Waals surface area contributed by atoms with Gasteiger partial charge in [-0.15, -0.1) is 0 Å². The lowest BCUT2D eigenvalue weighted by Gasteiger charge is -2.45. The Kier molecular flexibility index (Phi) is 2.71. The monoisotopic (exact) mass is 207 g/mol. The van der Waals surface area contributed by atoms with Gasteiger partial charge in [-0.1, -0.05) is 6.92 Å². The first-order valence-corrected chi connectivity index (χ1v) is 6.03. The largest absolute Gasteiger partial charge is 0.387 e. The van der Waals surface area contributed by atoms with E-state index in [9.17, 15) is 13.5 Å². The van der Waals surface area contributed by atoms with Crippen molar-refractivity contribution in [1.82, 2.24) is 4.31 Å². The molecule has 78 valence electrons. The SMILES string of the molecule is CCC1(O)CN(S(=O)(=O)C(C)C)C1. The lowest BCUT2D eigenvalue weighted by molar-refractivity contribution is -0.0615. The molecule has 0 aromatic carbocycles. The van der Waals surface area contributed by atoms with E-state index >= 15 is 0 Å². The molecule has 0 bridgehead atoms. The lowest BCUT2D eigenvalue weighted by atomic mass is 9.94. The quantitative estimate of drug-likeness (QED) is 0.718. The van der Waals surface area contributed by atoms with Crippen molar-refractivity contribution in [2.75, 3.05) is 13.1 Å². The number of rotatable bonds is 3. The second kappa shape index (κ2) is 3.22. The Morgan fingerprint density at radius 3 is 2.23 bits per heavy atom. The molecule has 4 nitrogen and oxygen atoms in total. The Balaban J connectivity index is 2.63. The summed E-state index contributed by atoms with van der Waals surface area (Å²) in [5, 5.41) is 9.23. The van der Waals surface area contributed by atoms with Crippen LogP contribution in [0.1, 0.15) is 27.2 Å². The van der Waals surface area contributed by atoms with E-state index in [1.54, 1.807) is 13.8 Å². The number of sulfonamides is 1. The number of aliphatic hydroxyl groups is 1. The van der Waals surface area contributed by atoms with Crippen LogP contribution in [0.3, 0.4) is 0 Å². The summed E-state index contributed by atoms with van der Waals surface area (Å²) >= 11 is 0. The standard InChI is InChI=1S/C8H17NO3S/c1-4-8(10)5-9(6-8)13(11,12)7(2)3/h7,10H,4-6H2,1-3H3. The molecule has 0 radical (unpaired) electrons. The van der Waals surface area contributed by atoms with Gasteiger partial charge < -0.3 is 5.11 Å². The maximum atomic E-state index is 11.5. The van der Waals surface area contributed by atoms with Crippen molar-refractivity contribution in [3.63, 3.8) is 0 Å². The molecule has 1 rings (SSSR count). The van der Waals surface area contributed by atoms with Crippen LogP contribution in [0.2, 0.25) is 0 Å². The zero-order valence-electron chi connectivity index (χ0n) is 8.32. The molecule has 1 heterocycles. The fraction of sp³-hybridized carbons (Fsp3) is 1.00. The third-order valence-electron chi connectivity index (χ3n) is 2.56. The minimum absolute atomic E-state index is 0.254. The van der Waals surface area contributed by atoms with Crippen LogP contribution in [0.15, 0.2) is 0 Å². The van der Waals surface area contributed by atoms with Gasteiger partial charge in [-0.2, -0.15) is 4.31 Å². The highest BCUT2D eigenvalue weighted by molar-refractivity contribution is 7.89. The molecular weight excluding hydrogens is 190 g/mol. The number of nitrogens with zero attached hydrogens (tertiary/aromatic N) is 1. The maximum absolute atomic E-state index is 11.5. The molecule has 0 amide bonds. The molecule has 0 aromatic rings. The highest BCUT2D eigenvalue weighted by atomic mass is 32.2. The summed E-state index contributed by atoms with van der Waals surface area (Å²) in [4.78, 5) is 0. The first kappa shape index (κ1) is 10.9. The molecule has 1 aliphatic rings. The summed E-state index contributed by atoms with van der Waals surface area (Å²) in [6, 6.07) is 0. The van der Waals surface area contributed by atoms with Gasteiger partial charge in [-0.05, 0) is 20.3 Å². The topological polar surface area (TPSA) is 57.6 Å². The Morgan fingerprint density at radius 1 is 1.46 bits per heavy atom. The smallest absolute Gasteiger partial charge is 0.216 e. The zero-order chi connectivity index (χ0) is 10.3. The second-order valence-corrected chi connectivity index (χ2v) is 6.43. The molecule has 0 saturated carbocycles. The Labute approximate surface area is 79.6 Å². The molecule has 0 atom stereocenters. The van der Waals surface area contributed by atoms with Crippen LogP contribution in [0.25, 0.3) is 0 Å². The minimum atomic E-state index is -3.15. The molecular formula is C8H17NO3S. The molecule has 1 saturated heterocycles. The highest BCUT2D eigenvalue weighted by Crippen LogP contribution is 2.28. The Hall–Kier alpha value is -0.130. The summed E-state index contributed by atoms with van der Waals surface area (Å²) in [5.74, 6) is 0. The van der Waals surface area contributed by atoms with Crippen molar-refractivity contribution in [2.24, 2.45) is 0 Å². The van der Waals surface area contributed by atoms with Crippen molar-refractivity contribution >= 4 is 10.0 Å². The molecule has 0 aromatic heterocycles. The van der Waals surface area contributed by atoms with Gasteiger partial charge in [0, 0.05) is 13.1 Å². The van der Waals surface area contributed by atoms with Crippen molar-refractivity contribution in [3.8, 4) is 0 Å². The molecule has 0 unspecified atom stereocenters. The average Bonchev–Trinajstić information content (AvgIpc) is 1.98. The van der Waals surface area contributed by atoms with Gasteiger partial charge in [0.05, 0.1) is 10.9 Å². The first-order chi connectivity index (χ1) is 5.82. The van der Waals surface area contributed by atoms with E-state index in [4.69, 9.17) is 0 Å². The van der Waals surface area contributed by atoms with E-state index in [0.29, 0.717) is 6.42 Å². The van der Waals surface area contributed by atoms with Crippen molar-refractivity contribution < 1.29 is 13.5 Å². The third kappa shape index (κ3) is 1.87. The average molecular weight is 207 g/mol. The number of hydrogen-bond acceptors (Lipinski definition) is 3. The van der Waals surface area contributed by atoms with E-state index < -0.39 is 20.9 Å². The predicted octanol–water partition coefficient (Wildman–Crippen LogP) is 0.181. The van der Waals surface area contributed by atoms with Gasteiger partial charge in [-0.3, -0.25) is 0 Å². The Morgan fingerprint density at radius 2 is 1.92 bits per heavy atom. The molecule has 0 aliphatic carbocycles. The molecule has 5 heteroatoms. The van der Waals surface area contributed by atoms with Gasteiger partial charge >= 0.3 is 0 Å². The fourth-order valence-electron chi connectivity index (χ4n) is 1.31. The van der Waals surface area contributed by atoms with E-state index in [0.717, 1.165) is 0 Å². The first-order valence-electron chi connectivity index (χ1n) is 4.53. The maximum Gasteiger partial charge on any atom is 0.216 e. The summed E-state index contributed by atoms with van der Waals surface area (Å²) in [6.07, 6.45) is 0.608. The van der Waals surface area contributed by atoms with Gasteiger partial charge in [0.2, 0.25) is 10.0 Å². The summed E-state index contributed by atoms with van der Waals surface area (Å²) in [7, 11) is -3.15.